The fourth-order valence-corrected chi connectivity index (χ4v) is 3.11. The Balaban J connectivity index is 2.97. The van der Waals surface area contributed by atoms with E-state index in [-0.39, 0.29) is 10.2 Å². The second-order valence-electron chi connectivity index (χ2n) is 5.12. The number of methoxy groups -OCH3 is 1. The normalized spacial score (nSPS) is 13.6. The zero-order chi connectivity index (χ0) is 12.3. The van der Waals surface area contributed by atoms with Crippen LogP contribution >= 0.6 is 27.5 Å². The molecule has 3 heteroatoms. The Kier molecular flexibility index (Phi) is 4.69. The van der Waals surface area contributed by atoms with E-state index in [4.69, 9.17) is 16.3 Å². The predicted octanol–water partition coefficient (Wildman–Crippen LogP) is 5.22. The van der Waals surface area contributed by atoms with Gasteiger partial charge >= 0.3 is 0 Å². The van der Waals surface area contributed by atoms with Gasteiger partial charge in [0.15, 0.2) is 0 Å². The molecule has 0 aliphatic rings. The van der Waals surface area contributed by atoms with Crippen LogP contribution in [0.3, 0.4) is 0 Å². The van der Waals surface area contributed by atoms with Crippen LogP contribution in [0.5, 0.6) is 5.75 Å². The van der Waals surface area contributed by atoms with Gasteiger partial charge in [0, 0.05) is 15.4 Å². The fraction of sp³-hybridized carbons (Fsp3) is 0.538. The fourth-order valence-electron chi connectivity index (χ4n) is 1.60. The lowest BCUT2D eigenvalue weighted by Crippen LogP contribution is -2.09. The van der Waals surface area contributed by atoms with E-state index in [1.54, 1.807) is 7.11 Å². The zero-order valence-electron chi connectivity index (χ0n) is 10.2. The van der Waals surface area contributed by atoms with Gasteiger partial charge < -0.3 is 4.74 Å². The molecule has 0 aliphatic carbocycles. The lowest BCUT2D eigenvalue weighted by molar-refractivity contribution is 0.367. The summed E-state index contributed by atoms with van der Waals surface area (Å²) >= 11 is 9.72. The van der Waals surface area contributed by atoms with Gasteiger partial charge in [0.25, 0.3) is 0 Å². The smallest absolute Gasteiger partial charge is 0.123 e. The lowest BCUT2D eigenvalue weighted by atomic mass is 9.88. The summed E-state index contributed by atoms with van der Waals surface area (Å²) in [6.07, 6.45) is 1.03. The summed E-state index contributed by atoms with van der Waals surface area (Å²) in [6, 6.07) is 5.72. The molecule has 0 heterocycles. The molecular weight excluding hydrogens is 287 g/mol. The van der Waals surface area contributed by atoms with E-state index in [9.17, 15) is 0 Å². The minimum absolute atomic E-state index is 0.265. The summed E-state index contributed by atoms with van der Waals surface area (Å²) in [5.74, 6) is 0.885. The molecule has 1 unspecified atom stereocenters. The van der Waals surface area contributed by atoms with Crippen molar-refractivity contribution < 1.29 is 4.74 Å². The SMILES string of the molecule is COc1ccc(Cl)cc1C(Br)CC(C)(C)C. The van der Waals surface area contributed by atoms with Gasteiger partial charge in [0.1, 0.15) is 5.75 Å². The Labute approximate surface area is 111 Å². The molecule has 0 amide bonds. The number of hydrogen-bond donors (Lipinski definition) is 0. The highest BCUT2D eigenvalue weighted by Gasteiger charge is 2.20. The second-order valence-corrected chi connectivity index (χ2v) is 6.66. The van der Waals surface area contributed by atoms with Crippen LogP contribution in [0.4, 0.5) is 0 Å². The first-order valence-electron chi connectivity index (χ1n) is 5.31. The van der Waals surface area contributed by atoms with E-state index < -0.39 is 0 Å². The average Bonchev–Trinajstić information content (AvgIpc) is 2.15. The minimum Gasteiger partial charge on any atom is -0.496 e. The number of rotatable bonds is 3. The molecule has 1 aromatic rings. The molecule has 0 bridgehead atoms. The third-order valence-electron chi connectivity index (χ3n) is 2.32. The van der Waals surface area contributed by atoms with Crippen molar-refractivity contribution in [3.05, 3.63) is 28.8 Å². The summed E-state index contributed by atoms with van der Waals surface area (Å²) in [6.45, 7) is 6.66. The Morgan fingerprint density at radius 3 is 2.50 bits per heavy atom. The molecule has 0 spiro atoms. The van der Waals surface area contributed by atoms with Crippen LogP contribution in [0, 0.1) is 5.41 Å². The molecule has 1 rings (SSSR count). The number of hydrogen-bond acceptors (Lipinski definition) is 1. The molecule has 90 valence electrons. The Morgan fingerprint density at radius 2 is 2.00 bits per heavy atom. The topological polar surface area (TPSA) is 9.23 Å². The monoisotopic (exact) mass is 304 g/mol. The third-order valence-corrected chi connectivity index (χ3v) is 3.37. The molecular formula is C13H18BrClO. The van der Waals surface area contributed by atoms with Crippen molar-refractivity contribution in [2.75, 3.05) is 7.11 Å². The lowest BCUT2D eigenvalue weighted by Gasteiger charge is -2.23. The van der Waals surface area contributed by atoms with Crippen molar-refractivity contribution in [3.63, 3.8) is 0 Å². The molecule has 0 fully saturated rings. The second kappa shape index (κ2) is 5.42. The molecule has 0 saturated heterocycles. The molecule has 0 N–H and O–H groups in total. The Morgan fingerprint density at radius 1 is 1.38 bits per heavy atom. The van der Waals surface area contributed by atoms with Crippen molar-refractivity contribution in [2.24, 2.45) is 5.41 Å². The van der Waals surface area contributed by atoms with Crippen LogP contribution in [0.1, 0.15) is 37.6 Å². The highest BCUT2D eigenvalue weighted by atomic mass is 79.9. The molecule has 0 saturated carbocycles. The number of ether oxygens (including phenoxy) is 1. The largest absolute Gasteiger partial charge is 0.496 e. The third kappa shape index (κ3) is 3.99. The quantitative estimate of drug-likeness (QED) is 0.696. The summed E-state index contributed by atoms with van der Waals surface area (Å²) in [7, 11) is 1.68. The first kappa shape index (κ1) is 13.9. The maximum atomic E-state index is 6.01. The van der Waals surface area contributed by atoms with Gasteiger partial charge in [-0.1, -0.05) is 48.3 Å². The van der Waals surface area contributed by atoms with Crippen molar-refractivity contribution in [1.82, 2.24) is 0 Å². The number of halogens is 2. The van der Waals surface area contributed by atoms with E-state index in [1.165, 1.54) is 0 Å². The molecule has 1 nitrogen and oxygen atoms in total. The van der Waals surface area contributed by atoms with E-state index in [0.717, 1.165) is 22.8 Å². The van der Waals surface area contributed by atoms with Gasteiger partial charge in [0.05, 0.1) is 7.11 Å². The van der Waals surface area contributed by atoms with Gasteiger partial charge in [-0.2, -0.15) is 0 Å². The van der Waals surface area contributed by atoms with Crippen LogP contribution in [0.15, 0.2) is 18.2 Å². The first-order valence-corrected chi connectivity index (χ1v) is 6.60. The molecule has 0 radical (unpaired) electrons. The summed E-state index contributed by atoms with van der Waals surface area (Å²) in [5.41, 5.74) is 1.38. The van der Waals surface area contributed by atoms with Crippen LogP contribution in [0.2, 0.25) is 5.02 Å². The Hall–Kier alpha value is -0.210. The van der Waals surface area contributed by atoms with Gasteiger partial charge in [-0.15, -0.1) is 0 Å². The summed E-state index contributed by atoms with van der Waals surface area (Å²) in [4.78, 5) is 0.265. The molecule has 1 aromatic carbocycles. The number of alkyl halides is 1. The van der Waals surface area contributed by atoms with Crippen molar-refractivity contribution in [3.8, 4) is 5.75 Å². The van der Waals surface area contributed by atoms with Crippen LogP contribution in [-0.4, -0.2) is 7.11 Å². The van der Waals surface area contributed by atoms with E-state index in [2.05, 4.69) is 36.7 Å². The summed E-state index contributed by atoms with van der Waals surface area (Å²) < 4.78 is 5.35. The highest BCUT2D eigenvalue weighted by Crippen LogP contribution is 2.40. The first-order chi connectivity index (χ1) is 7.33. The number of benzene rings is 1. The van der Waals surface area contributed by atoms with Gasteiger partial charge in [-0.25, -0.2) is 0 Å². The predicted molar refractivity (Wildman–Crippen MR) is 73.7 cm³/mol. The van der Waals surface area contributed by atoms with Crippen LogP contribution < -0.4 is 4.74 Å². The van der Waals surface area contributed by atoms with E-state index in [0.29, 0.717) is 0 Å². The maximum absolute atomic E-state index is 6.01. The van der Waals surface area contributed by atoms with Crippen molar-refractivity contribution >= 4 is 27.5 Å². The van der Waals surface area contributed by atoms with Crippen molar-refractivity contribution in [1.29, 1.82) is 0 Å². The van der Waals surface area contributed by atoms with Crippen molar-refractivity contribution in [2.45, 2.75) is 32.0 Å². The van der Waals surface area contributed by atoms with Gasteiger partial charge in [-0.05, 0) is 30.0 Å². The average molecular weight is 306 g/mol. The van der Waals surface area contributed by atoms with Crippen LogP contribution in [0.25, 0.3) is 0 Å². The summed E-state index contributed by atoms with van der Waals surface area (Å²) in [5, 5.41) is 0.745. The van der Waals surface area contributed by atoms with E-state index in [1.807, 2.05) is 18.2 Å². The van der Waals surface area contributed by atoms with Gasteiger partial charge in [-0.3, -0.25) is 0 Å². The molecule has 0 aromatic heterocycles. The highest BCUT2D eigenvalue weighted by molar-refractivity contribution is 9.09. The molecule has 0 aliphatic heterocycles. The minimum atomic E-state index is 0.265. The molecule has 16 heavy (non-hydrogen) atoms. The molecule has 1 atom stereocenters. The zero-order valence-corrected chi connectivity index (χ0v) is 12.5. The standard InChI is InChI=1S/C13H18BrClO/c1-13(2,3)8-11(14)10-7-9(15)5-6-12(10)16-4/h5-7,11H,8H2,1-4H3. The maximum Gasteiger partial charge on any atom is 0.123 e. The van der Waals surface area contributed by atoms with Gasteiger partial charge in [0.2, 0.25) is 0 Å². The Bertz CT molecular complexity index is 357. The van der Waals surface area contributed by atoms with E-state index >= 15 is 0 Å². The van der Waals surface area contributed by atoms with Crippen LogP contribution in [-0.2, 0) is 0 Å².